The molecule has 0 aliphatic carbocycles. The number of carbonyl (C=O) groups is 1. The fraction of sp³-hybridized carbons (Fsp3) is 0.786. The van der Waals surface area contributed by atoms with Crippen LogP contribution in [0, 0.1) is 0 Å². The van der Waals surface area contributed by atoms with Crippen LogP contribution in [0.1, 0.15) is 51.9 Å². The van der Waals surface area contributed by atoms with Crippen molar-refractivity contribution in [1.29, 1.82) is 0 Å². The van der Waals surface area contributed by atoms with E-state index in [4.69, 9.17) is 0 Å². The van der Waals surface area contributed by atoms with E-state index in [1.165, 1.54) is 19.3 Å². The monoisotopic (exact) mass is 277 g/mol. The Morgan fingerprint density at radius 3 is 2.50 bits per heavy atom. The van der Waals surface area contributed by atoms with Crippen LogP contribution in [0.5, 0.6) is 0 Å². The van der Waals surface area contributed by atoms with Gasteiger partial charge in [0.25, 0.3) is 0 Å². The Bertz CT molecular complexity index is 458. The Labute approximate surface area is 119 Å². The van der Waals surface area contributed by atoms with Crippen LogP contribution in [0.2, 0.25) is 0 Å². The minimum atomic E-state index is -0.0181. The number of nitrogens with zero attached hydrogens (tertiary/aromatic N) is 4. The van der Waals surface area contributed by atoms with Gasteiger partial charge in [-0.15, -0.1) is 5.10 Å². The van der Waals surface area contributed by atoms with E-state index in [1.807, 2.05) is 6.92 Å². The number of rotatable bonds is 2. The molecule has 2 bridgehead atoms. The number of urea groups is 1. The summed E-state index contributed by atoms with van der Waals surface area (Å²) in [5, 5.41) is 7.09. The third-order valence-electron chi connectivity index (χ3n) is 4.50. The average Bonchev–Trinajstić information content (AvgIpc) is 2.86. The van der Waals surface area contributed by atoms with E-state index < -0.39 is 0 Å². The largest absolute Gasteiger partial charge is 0.324 e. The second kappa shape index (κ2) is 5.81. The summed E-state index contributed by atoms with van der Waals surface area (Å²) in [6, 6.07) is 0.796. The molecule has 3 rings (SSSR count). The summed E-state index contributed by atoms with van der Waals surface area (Å²) < 4.78 is 1.72. The standard InChI is InChI=1S/C14H23N5O/c1-2-18-10-15-13(17-18)16-14(20)19-11-6-3-4-7-12(19)9-5-8-11/h10-12H,2-9H2,1H3,(H,16,17,20). The summed E-state index contributed by atoms with van der Waals surface area (Å²) in [6.07, 6.45) is 9.95. The molecule has 6 nitrogen and oxygen atoms in total. The smallest absolute Gasteiger partial charge is 0.318 e. The molecule has 20 heavy (non-hydrogen) atoms. The first-order valence-corrected chi connectivity index (χ1v) is 7.76. The van der Waals surface area contributed by atoms with Crippen LogP contribution in [0.4, 0.5) is 10.7 Å². The zero-order chi connectivity index (χ0) is 13.9. The number of fused-ring (bicyclic) bond motifs is 2. The molecule has 6 heteroatoms. The summed E-state index contributed by atoms with van der Waals surface area (Å²) in [4.78, 5) is 18.8. The van der Waals surface area contributed by atoms with Crippen LogP contribution in [-0.2, 0) is 6.54 Å². The van der Waals surface area contributed by atoms with Crippen LogP contribution < -0.4 is 5.32 Å². The van der Waals surface area contributed by atoms with Gasteiger partial charge in [0.2, 0.25) is 5.95 Å². The van der Waals surface area contributed by atoms with Gasteiger partial charge in [-0.2, -0.15) is 0 Å². The molecule has 2 aliphatic rings. The number of aromatic nitrogens is 3. The van der Waals surface area contributed by atoms with E-state index in [1.54, 1.807) is 11.0 Å². The highest BCUT2D eigenvalue weighted by atomic mass is 16.2. The number of amides is 2. The summed E-state index contributed by atoms with van der Waals surface area (Å²) in [7, 11) is 0. The van der Waals surface area contributed by atoms with Crippen molar-refractivity contribution in [2.45, 2.75) is 70.5 Å². The van der Waals surface area contributed by atoms with Crippen LogP contribution in [-0.4, -0.2) is 37.8 Å². The van der Waals surface area contributed by atoms with Gasteiger partial charge in [-0.3, -0.25) is 10.00 Å². The number of carbonyl (C=O) groups excluding carboxylic acids is 1. The van der Waals surface area contributed by atoms with Crippen molar-refractivity contribution in [3.05, 3.63) is 6.33 Å². The molecular weight excluding hydrogens is 254 g/mol. The molecule has 1 N–H and O–H groups in total. The molecule has 1 aromatic heterocycles. The van der Waals surface area contributed by atoms with Gasteiger partial charge in [-0.05, 0) is 39.0 Å². The maximum Gasteiger partial charge on any atom is 0.324 e. The Morgan fingerprint density at radius 2 is 1.90 bits per heavy atom. The zero-order valence-electron chi connectivity index (χ0n) is 12.1. The number of nitrogens with one attached hydrogen (secondary N) is 1. The lowest BCUT2D eigenvalue weighted by Gasteiger charge is -2.40. The predicted octanol–water partition coefficient (Wildman–Crippen LogP) is 2.63. The molecule has 2 aliphatic heterocycles. The van der Waals surface area contributed by atoms with Gasteiger partial charge in [-0.1, -0.05) is 12.8 Å². The minimum absolute atomic E-state index is 0.0181. The maximum atomic E-state index is 12.6. The van der Waals surface area contributed by atoms with Crippen LogP contribution in [0.3, 0.4) is 0 Å². The maximum absolute atomic E-state index is 12.6. The molecule has 0 radical (unpaired) electrons. The van der Waals surface area contributed by atoms with Gasteiger partial charge in [0.05, 0.1) is 0 Å². The van der Waals surface area contributed by atoms with E-state index >= 15 is 0 Å². The Balaban J connectivity index is 1.71. The van der Waals surface area contributed by atoms with E-state index in [-0.39, 0.29) is 6.03 Å². The zero-order valence-corrected chi connectivity index (χ0v) is 12.1. The lowest BCUT2D eigenvalue weighted by Crippen LogP contribution is -2.50. The number of hydrogen-bond acceptors (Lipinski definition) is 3. The Kier molecular flexibility index (Phi) is 3.89. The van der Waals surface area contributed by atoms with Crippen molar-refractivity contribution in [2.24, 2.45) is 0 Å². The summed E-state index contributed by atoms with van der Waals surface area (Å²) in [5.74, 6) is 0.416. The molecule has 2 amide bonds. The Hall–Kier alpha value is -1.59. The molecule has 2 fully saturated rings. The summed E-state index contributed by atoms with van der Waals surface area (Å²) in [5.41, 5.74) is 0. The SMILES string of the molecule is CCn1cnc(NC(=O)N2C3CCCCC2CCC3)n1. The minimum Gasteiger partial charge on any atom is -0.318 e. The first-order valence-electron chi connectivity index (χ1n) is 7.76. The van der Waals surface area contributed by atoms with Crippen LogP contribution in [0.25, 0.3) is 0 Å². The third-order valence-corrected chi connectivity index (χ3v) is 4.50. The van der Waals surface area contributed by atoms with Gasteiger partial charge >= 0.3 is 6.03 Å². The number of piperidine rings is 1. The highest BCUT2D eigenvalue weighted by Crippen LogP contribution is 2.32. The molecule has 110 valence electrons. The molecular formula is C14H23N5O. The second-order valence-corrected chi connectivity index (χ2v) is 5.78. The molecule has 1 aromatic rings. The fourth-order valence-corrected chi connectivity index (χ4v) is 3.49. The highest BCUT2D eigenvalue weighted by Gasteiger charge is 2.35. The van der Waals surface area contributed by atoms with E-state index in [0.717, 1.165) is 32.2 Å². The lowest BCUT2D eigenvalue weighted by atomic mass is 9.95. The Morgan fingerprint density at radius 1 is 1.25 bits per heavy atom. The lowest BCUT2D eigenvalue weighted by molar-refractivity contribution is 0.119. The van der Waals surface area contributed by atoms with Gasteiger partial charge in [0.15, 0.2) is 0 Å². The van der Waals surface area contributed by atoms with E-state index in [2.05, 4.69) is 20.3 Å². The van der Waals surface area contributed by atoms with Gasteiger partial charge in [0.1, 0.15) is 6.33 Å². The first kappa shape index (κ1) is 13.4. The fourth-order valence-electron chi connectivity index (χ4n) is 3.49. The molecule has 3 heterocycles. The molecule has 0 saturated carbocycles. The van der Waals surface area contributed by atoms with Crippen molar-refractivity contribution < 1.29 is 4.79 Å². The summed E-state index contributed by atoms with van der Waals surface area (Å²) >= 11 is 0. The highest BCUT2D eigenvalue weighted by molar-refractivity contribution is 5.88. The van der Waals surface area contributed by atoms with E-state index in [9.17, 15) is 4.79 Å². The number of aryl methyl sites for hydroxylation is 1. The molecule has 2 saturated heterocycles. The summed E-state index contributed by atoms with van der Waals surface area (Å²) in [6.45, 7) is 2.76. The van der Waals surface area contributed by atoms with Crippen LogP contribution >= 0.6 is 0 Å². The molecule has 0 spiro atoms. The molecule has 2 atom stereocenters. The normalized spacial score (nSPS) is 26.1. The third kappa shape index (κ3) is 2.64. The number of anilines is 1. The van der Waals surface area contributed by atoms with Crippen molar-refractivity contribution in [3.8, 4) is 0 Å². The number of hydrogen-bond donors (Lipinski definition) is 1. The van der Waals surface area contributed by atoms with Crippen LogP contribution in [0.15, 0.2) is 6.33 Å². The second-order valence-electron chi connectivity index (χ2n) is 5.78. The quantitative estimate of drug-likeness (QED) is 0.903. The molecule has 2 unspecified atom stereocenters. The average molecular weight is 277 g/mol. The topological polar surface area (TPSA) is 63.1 Å². The van der Waals surface area contributed by atoms with E-state index in [0.29, 0.717) is 18.0 Å². The van der Waals surface area contributed by atoms with Gasteiger partial charge in [0, 0.05) is 18.6 Å². The predicted molar refractivity (Wildman–Crippen MR) is 76.4 cm³/mol. The van der Waals surface area contributed by atoms with Crippen molar-refractivity contribution >= 4 is 12.0 Å². The van der Waals surface area contributed by atoms with Crippen molar-refractivity contribution in [2.75, 3.05) is 5.32 Å². The van der Waals surface area contributed by atoms with Crippen molar-refractivity contribution in [1.82, 2.24) is 19.7 Å². The van der Waals surface area contributed by atoms with Gasteiger partial charge in [-0.25, -0.2) is 9.78 Å². The molecule has 0 aromatic carbocycles. The van der Waals surface area contributed by atoms with Gasteiger partial charge < -0.3 is 4.90 Å². The van der Waals surface area contributed by atoms with Crippen molar-refractivity contribution in [3.63, 3.8) is 0 Å². The first-order chi connectivity index (χ1) is 9.78.